The minimum atomic E-state index is -0.489. The van der Waals surface area contributed by atoms with Crippen molar-refractivity contribution in [2.45, 2.75) is 6.04 Å². The molecule has 0 bridgehead atoms. The molecular weight excluding hydrogens is 273 g/mol. The van der Waals surface area contributed by atoms with Gasteiger partial charge in [0, 0.05) is 36.2 Å². The molecule has 0 radical (unpaired) electrons. The van der Waals surface area contributed by atoms with Gasteiger partial charge in [0.15, 0.2) is 0 Å². The lowest BCUT2D eigenvalue weighted by atomic mass is 10.0. The van der Waals surface area contributed by atoms with Gasteiger partial charge < -0.3 is 11.1 Å². The monoisotopic (exact) mass is 287 g/mol. The maximum absolute atomic E-state index is 11.7. The van der Waals surface area contributed by atoms with Crippen LogP contribution in [0.4, 0.5) is 0 Å². The van der Waals surface area contributed by atoms with Gasteiger partial charge >= 0.3 is 0 Å². The van der Waals surface area contributed by atoms with Crippen molar-refractivity contribution in [3.05, 3.63) is 33.8 Å². The van der Waals surface area contributed by atoms with Crippen molar-refractivity contribution in [2.75, 3.05) is 26.2 Å². The average Bonchev–Trinajstić information content (AvgIpc) is 2.33. The zero-order chi connectivity index (χ0) is 13.1. The number of piperazine rings is 1. The third-order valence-corrected chi connectivity index (χ3v) is 3.61. The van der Waals surface area contributed by atoms with Gasteiger partial charge in [-0.05, 0) is 17.7 Å². The highest BCUT2D eigenvalue weighted by molar-refractivity contribution is 6.35. The van der Waals surface area contributed by atoms with E-state index in [4.69, 9.17) is 28.9 Å². The van der Waals surface area contributed by atoms with Gasteiger partial charge in [0.2, 0.25) is 5.91 Å². The number of carbonyl (C=O) groups is 1. The number of primary amides is 1. The lowest BCUT2D eigenvalue weighted by Gasteiger charge is -2.33. The Morgan fingerprint density at radius 3 is 2.56 bits per heavy atom. The average molecular weight is 288 g/mol. The molecule has 1 atom stereocenters. The van der Waals surface area contributed by atoms with Gasteiger partial charge in [0.05, 0.1) is 0 Å². The quantitative estimate of drug-likeness (QED) is 0.884. The molecule has 1 amide bonds. The van der Waals surface area contributed by atoms with E-state index in [-0.39, 0.29) is 5.91 Å². The number of nitrogens with zero attached hydrogens (tertiary/aromatic N) is 1. The fourth-order valence-electron chi connectivity index (χ4n) is 2.19. The highest BCUT2D eigenvalue weighted by Gasteiger charge is 2.28. The summed E-state index contributed by atoms with van der Waals surface area (Å²) in [4.78, 5) is 13.7. The molecule has 0 spiro atoms. The smallest absolute Gasteiger partial charge is 0.239 e. The zero-order valence-electron chi connectivity index (χ0n) is 9.83. The summed E-state index contributed by atoms with van der Waals surface area (Å²) in [5.41, 5.74) is 6.23. The molecule has 0 saturated carbocycles. The SMILES string of the molecule is NC(=O)C(c1ccc(Cl)cc1Cl)N1CCNCC1. The third kappa shape index (κ3) is 2.95. The lowest BCUT2D eigenvalue weighted by Crippen LogP contribution is -2.48. The van der Waals surface area contributed by atoms with E-state index in [0.717, 1.165) is 31.7 Å². The van der Waals surface area contributed by atoms with Crippen LogP contribution in [0.15, 0.2) is 18.2 Å². The Bertz CT molecular complexity index is 447. The van der Waals surface area contributed by atoms with Crippen LogP contribution in [0.3, 0.4) is 0 Å². The van der Waals surface area contributed by atoms with Crippen LogP contribution in [0.25, 0.3) is 0 Å². The maximum atomic E-state index is 11.7. The predicted octanol–water partition coefficient (Wildman–Crippen LogP) is 1.43. The minimum absolute atomic E-state index is 0.388. The molecule has 1 saturated heterocycles. The molecule has 18 heavy (non-hydrogen) atoms. The van der Waals surface area contributed by atoms with Gasteiger partial charge in [-0.1, -0.05) is 29.3 Å². The fraction of sp³-hybridized carbons (Fsp3) is 0.417. The van der Waals surface area contributed by atoms with Crippen molar-refractivity contribution in [2.24, 2.45) is 5.73 Å². The number of benzene rings is 1. The summed E-state index contributed by atoms with van der Waals surface area (Å²) < 4.78 is 0. The number of halogens is 2. The van der Waals surface area contributed by atoms with Crippen molar-refractivity contribution in [3.8, 4) is 0 Å². The zero-order valence-corrected chi connectivity index (χ0v) is 11.3. The Balaban J connectivity index is 2.31. The molecule has 1 heterocycles. The molecule has 98 valence electrons. The first-order chi connectivity index (χ1) is 8.59. The highest BCUT2D eigenvalue weighted by atomic mass is 35.5. The van der Waals surface area contributed by atoms with Crippen LogP contribution in [-0.4, -0.2) is 37.0 Å². The van der Waals surface area contributed by atoms with E-state index in [9.17, 15) is 4.79 Å². The first-order valence-corrected chi connectivity index (χ1v) is 6.54. The van der Waals surface area contributed by atoms with Gasteiger partial charge in [-0.3, -0.25) is 9.69 Å². The molecule has 1 aliphatic heterocycles. The Labute approximate surface area is 116 Å². The van der Waals surface area contributed by atoms with Gasteiger partial charge in [-0.15, -0.1) is 0 Å². The summed E-state index contributed by atoms with van der Waals surface area (Å²) in [5, 5.41) is 4.26. The van der Waals surface area contributed by atoms with Gasteiger partial charge in [-0.25, -0.2) is 0 Å². The van der Waals surface area contributed by atoms with E-state index in [2.05, 4.69) is 5.32 Å². The van der Waals surface area contributed by atoms with Crippen molar-refractivity contribution < 1.29 is 4.79 Å². The number of nitrogens with two attached hydrogens (primary N) is 1. The number of hydrogen-bond donors (Lipinski definition) is 2. The molecule has 4 nitrogen and oxygen atoms in total. The van der Waals surface area contributed by atoms with Gasteiger partial charge in [0.1, 0.15) is 6.04 Å². The molecule has 3 N–H and O–H groups in total. The molecule has 1 fully saturated rings. The number of carbonyl (C=O) groups excluding carboxylic acids is 1. The summed E-state index contributed by atoms with van der Waals surface area (Å²) in [6, 6.07) is 4.64. The van der Waals surface area contributed by atoms with Crippen molar-refractivity contribution in [3.63, 3.8) is 0 Å². The van der Waals surface area contributed by atoms with E-state index in [1.807, 2.05) is 4.90 Å². The second-order valence-corrected chi connectivity index (χ2v) is 5.10. The first-order valence-electron chi connectivity index (χ1n) is 5.78. The Morgan fingerprint density at radius 1 is 1.33 bits per heavy atom. The van der Waals surface area contributed by atoms with Crippen molar-refractivity contribution >= 4 is 29.1 Å². The normalized spacial score (nSPS) is 18.6. The van der Waals surface area contributed by atoms with Crippen LogP contribution < -0.4 is 11.1 Å². The van der Waals surface area contributed by atoms with Gasteiger partial charge in [0.25, 0.3) is 0 Å². The summed E-state index contributed by atoms with van der Waals surface area (Å²) in [6.07, 6.45) is 0. The van der Waals surface area contributed by atoms with Crippen LogP contribution >= 0.6 is 23.2 Å². The van der Waals surface area contributed by atoms with E-state index in [1.54, 1.807) is 18.2 Å². The van der Waals surface area contributed by atoms with Crippen LogP contribution in [0, 0.1) is 0 Å². The molecular formula is C12H15Cl2N3O. The summed E-state index contributed by atoms with van der Waals surface area (Å²) in [5.74, 6) is -0.388. The van der Waals surface area contributed by atoms with Crippen molar-refractivity contribution in [1.29, 1.82) is 0 Å². The van der Waals surface area contributed by atoms with E-state index in [0.29, 0.717) is 10.0 Å². The maximum Gasteiger partial charge on any atom is 0.239 e. The number of rotatable bonds is 3. The molecule has 1 aromatic rings. The van der Waals surface area contributed by atoms with E-state index in [1.165, 1.54) is 0 Å². The number of nitrogens with one attached hydrogen (secondary N) is 1. The fourth-order valence-corrected chi connectivity index (χ4v) is 2.71. The minimum Gasteiger partial charge on any atom is -0.368 e. The second-order valence-electron chi connectivity index (χ2n) is 4.26. The lowest BCUT2D eigenvalue weighted by molar-refractivity contribution is -0.123. The van der Waals surface area contributed by atoms with Crippen molar-refractivity contribution in [1.82, 2.24) is 10.2 Å². The van der Waals surface area contributed by atoms with Crippen LogP contribution in [0.1, 0.15) is 11.6 Å². The topological polar surface area (TPSA) is 58.4 Å². The van der Waals surface area contributed by atoms with Gasteiger partial charge in [-0.2, -0.15) is 0 Å². The molecule has 2 rings (SSSR count). The molecule has 6 heteroatoms. The van der Waals surface area contributed by atoms with Crippen LogP contribution in [0.5, 0.6) is 0 Å². The van der Waals surface area contributed by atoms with Crippen LogP contribution in [-0.2, 0) is 4.79 Å². The van der Waals surface area contributed by atoms with Crippen LogP contribution in [0.2, 0.25) is 10.0 Å². The molecule has 1 aromatic carbocycles. The first kappa shape index (κ1) is 13.6. The van der Waals surface area contributed by atoms with E-state index >= 15 is 0 Å². The third-order valence-electron chi connectivity index (χ3n) is 3.04. The number of hydrogen-bond acceptors (Lipinski definition) is 3. The van der Waals surface area contributed by atoms with E-state index < -0.39 is 6.04 Å². The molecule has 0 aromatic heterocycles. The largest absolute Gasteiger partial charge is 0.368 e. The predicted molar refractivity (Wildman–Crippen MR) is 72.8 cm³/mol. The summed E-state index contributed by atoms with van der Waals surface area (Å²) in [6.45, 7) is 3.23. The highest BCUT2D eigenvalue weighted by Crippen LogP contribution is 2.30. The molecule has 1 aliphatic rings. The summed E-state index contributed by atoms with van der Waals surface area (Å²) in [7, 11) is 0. The second kappa shape index (κ2) is 5.89. The molecule has 0 aliphatic carbocycles. The Hall–Kier alpha value is -0.810. The summed E-state index contributed by atoms with van der Waals surface area (Å²) >= 11 is 12.0. The molecule has 1 unspecified atom stereocenters. The Kier molecular flexibility index (Phi) is 4.45. The standard InChI is InChI=1S/C12H15Cl2N3O/c13-8-1-2-9(10(14)7-8)11(12(15)18)17-5-3-16-4-6-17/h1-2,7,11,16H,3-6H2,(H2,15,18). The Morgan fingerprint density at radius 2 is 2.00 bits per heavy atom. The number of amides is 1.